The lowest BCUT2D eigenvalue weighted by Crippen LogP contribution is -2.04. The molecule has 0 amide bonds. The van der Waals surface area contributed by atoms with Crippen LogP contribution in [0.4, 0.5) is 18.9 Å². The number of nitrogens with zero attached hydrogens (tertiary/aromatic N) is 1. The van der Waals surface area contributed by atoms with Crippen molar-refractivity contribution in [2.45, 2.75) is 6.18 Å². The quantitative estimate of drug-likeness (QED) is 0.587. The van der Waals surface area contributed by atoms with Crippen molar-refractivity contribution in [2.24, 2.45) is 0 Å². The fourth-order valence-electron chi connectivity index (χ4n) is 1.62. The Balaban J connectivity index is 2.40. The van der Waals surface area contributed by atoms with E-state index in [4.69, 9.17) is 16.3 Å². The van der Waals surface area contributed by atoms with Crippen LogP contribution in [0.3, 0.4) is 0 Å². The molecule has 2 rings (SSSR count). The van der Waals surface area contributed by atoms with Crippen molar-refractivity contribution < 1.29 is 22.8 Å². The molecule has 2 aromatic rings. The first kappa shape index (κ1) is 15.1. The number of hydrogen-bond donors (Lipinski definition) is 0. The normalized spacial score (nSPS) is 11.2. The van der Waals surface area contributed by atoms with E-state index < -0.39 is 22.4 Å². The molecule has 0 spiro atoms. The number of hydrogen-bond acceptors (Lipinski definition) is 3. The van der Waals surface area contributed by atoms with E-state index >= 15 is 0 Å². The van der Waals surface area contributed by atoms with Gasteiger partial charge in [-0.2, -0.15) is 13.2 Å². The molecule has 0 bridgehead atoms. The maximum atomic E-state index is 12.6. The lowest BCUT2D eigenvalue weighted by atomic mass is 10.2. The lowest BCUT2D eigenvalue weighted by molar-refractivity contribution is -0.385. The van der Waals surface area contributed by atoms with E-state index in [0.717, 1.165) is 18.2 Å². The van der Waals surface area contributed by atoms with Crippen LogP contribution in [0.15, 0.2) is 42.5 Å². The molecule has 8 heteroatoms. The van der Waals surface area contributed by atoms with E-state index in [1.165, 1.54) is 24.3 Å². The third-order valence-electron chi connectivity index (χ3n) is 2.52. The lowest BCUT2D eigenvalue weighted by Gasteiger charge is -2.10. The Labute approximate surface area is 121 Å². The van der Waals surface area contributed by atoms with Gasteiger partial charge < -0.3 is 4.74 Å². The average molecular weight is 318 g/mol. The number of halogens is 4. The molecule has 0 saturated carbocycles. The second kappa shape index (κ2) is 5.61. The summed E-state index contributed by atoms with van der Waals surface area (Å²) in [5.74, 6) is -0.401. The number of nitro groups is 1. The summed E-state index contributed by atoms with van der Waals surface area (Å²) in [6.07, 6.45) is -4.53. The molecule has 21 heavy (non-hydrogen) atoms. The summed E-state index contributed by atoms with van der Waals surface area (Å²) in [6, 6.07) is 7.99. The van der Waals surface area contributed by atoms with Gasteiger partial charge >= 0.3 is 11.9 Å². The van der Waals surface area contributed by atoms with Crippen LogP contribution in [0.1, 0.15) is 5.56 Å². The number of nitro benzene ring substituents is 1. The third-order valence-corrected chi connectivity index (χ3v) is 2.83. The van der Waals surface area contributed by atoms with E-state index in [2.05, 4.69) is 0 Å². The predicted octanol–water partition coefficient (Wildman–Crippen LogP) is 5.06. The molecule has 0 N–H and O–H groups in total. The molecule has 0 atom stereocenters. The van der Waals surface area contributed by atoms with Gasteiger partial charge in [0.1, 0.15) is 10.8 Å². The zero-order valence-electron chi connectivity index (χ0n) is 10.2. The van der Waals surface area contributed by atoms with Gasteiger partial charge in [0, 0.05) is 0 Å². The van der Waals surface area contributed by atoms with Crippen LogP contribution in [-0.4, -0.2) is 4.92 Å². The van der Waals surface area contributed by atoms with Gasteiger partial charge in [-0.1, -0.05) is 23.7 Å². The Kier molecular flexibility index (Phi) is 4.04. The largest absolute Gasteiger partial charge is 0.450 e. The minimum Gasteiger partial charge on any atom is -0.450 e. The van der Waals surface area contributed by atoms with Crippen molar-refractivity contribution in [3.8, 4) is 11.5 Å². The first-order valence-electron chi connectivity index (χ1n) is 5.57. The van der Waals surface area contributed by atoms with Gasteiger partial charge in [0.2, 0.25) is 5.75 Å². The van der Waals surface area contributed by atoms with Crippen molar-refractivity contribution in [3.63, 3.8) is 0 Å². The topological polar surface area (TPSA) is 52.4 Å². The molecule has 0 radical (unpaired) electrons. The molecule has 0 heterocycles. The maximum Gasteiger partial charge on any atom is 0.416 e. The average Bonchev–Trinajstić information content (AvgIpc) is 2.37. The second-order valence-corrected chi connectivity index (χ2v) is 4.38. The number of rotatable bonds is 3. The smallest absolute Gasteiger partial charge is 0.416 e. The fraction of sp³-hybridized carbons (Fsp3) is 0.0769. The molecule has 0 aliphatic carbocycles. The Morgan fingerprint density at radius 3 is 2.43 bits per heavy atom. The molecule has 0 aliphatic heterocycles. The van der Waals surface area contributed by atoms with E-state index in [1.807, 2.05) is 0 Å². The van der Waals surface area contributed by atoms with Crippen LogP contribution < -0.4 is 4.74 Å². The van der Waals surface area contributed by atoms with E-state index in [0.29, 0.717) is 0 Å². The zero-order valence-corrected chi connectivity index (χ0v) is 11.0. The fourth-order valence-corrected chi connectivity index (χ4v) is 1.85. The van der Waals surface area contributed by atoms with E-state index in [-0.39, 0.29) is 16.5 Å². The molecule has 110 valence electrons. The molecule has 0 aromatic heterocycles. The Morgan fingerprint density at radius 1 is 1.14 bits per heavy atom. The molecule has 0 aliphatic rings. The van der Waals surface area contributed by atoms with Gasteiger partial charge in [0.15, 0.2) is 0 Å². The van der Waals surface area contributed by atoms with E-state index in [1.54, 1.807) is 0 Å². The summed E-state index contributed by atoms with van der Waals surface area (Å²) >= 11 is 5.69. The molecule has 0 unspecified atom stereocenters. The van der Waals surface area contributed by atoms with Crippen LogP contribution in [0.5, 0.6) is 11.5 Å². The Hall–Kier alpha value is -2.28. The standard InChI is InChI=1S/C13H7ClF3NO3/c14-10-5-2-6-11(12(10)18(19)20)21-9-4-1-3-8(7-9)13(15,16)17/h1-7H. The highest BCUT2D eigenvalue weighted by atomic mass is 35.5. The van der Waals surface area contributed by atoms with Gasteiger partial charge in [0.25, 0.3) is 0 Å². The number of para-hydroxylation sites is 1. The number of benzene rings is 2. The number of alkyl halides is 3. The SMILES string of the molecule is O=[N+]([O-])c1c(Cl)cccc1Oc1cccc(C(F)(F)F)c1. The van der Waals surface area contributed by atoms with Crippen LogP contribution in [0.2, 0.25) is 5.02 Å². The summed E-state index contributed by atoms with van der Waals surface area (Å²) in [7, 11) is 0. The van der Waals surface area contributed by atoms with Crippen molar-refractivity contribution in [3.05, 3.63) is 63.2 Å². The maximum absolute atomic E-state index is 12.6. The van der Waals surface area contributed by atoms with Gasteiger partial charge in [-0.15, -0.1) is 0 Å². The van der Waals surface area contributed by atoms with Gasteiger partial charge in [-0.25, -0.2) is 0 Å². The third kappa shape index (κ3) is 3.43. The van der Waals surface area contributed by atoms with Crippen molar-refractivity contribution >= 4 is 17.3 Å². The van der Waals surface area contributed by atoms with Crippen LogP contribution in [0, 0.1) is 10.1 Å². The minimum absolute atomic E-state index is 0.163. The summed E-state index contributed by atoms with van der Waals surface area (Å²) in [5.41, 5.74) is -1.42. The van der Waals surface area contributed by atoms with Crippen molar-refractivity contribution in [1.82, 2.24) is 0 Å². The van der Waals surface area contributed by atoms with Crippen LogP contribution >= 0.6 is 11.6 Å². The highest BCUT2D eigenvalue weighted by molar-refractivity contribution is 6.32. The van der Waals surface area contributed by atoms with Gasteiger partial charge in [0.05, 0.1) is 10.5 Å². The molecule has 2 aromatic carbocycles. The summed E-state index contributed by atoms with van der Waals surface area (Å²) in [5, 5.41) is 10.8. The highest BCUT2D eigenvalue weighted by Gasteiger charge is 2.31. The van der Waals surface area contributed by atoms with Gasteiger partial charge in [-0.3, -0.25) is 10.1 Å². The molecular formula is C13H7ClF3NO3. The second-order valence-electron chi connectivity index (χ2n) is 3.97. The van der Waals surface area contributed by atoms with Crippen molar-refractivity contribution in [2.75, 3.05) is 0 Å². The molecule has 0 saturated heterocycles. The molecular weight excluding hydrogens is 311 g/mol. The zero-order chi connectivity index (χ0) is 15.6. The van der Waals surface area contributed by atoms with E-state index in [9.17, 15) is 23.3 Å². The number of ether oxygens (including phenoxy) is 1. The highest BCUT2D eigenvalue weighted by Crippen LogP contribution is 2.38. The minimum atomic E-state index is -4.53. The first-order chi connectivity index (χ1) is 9.79. The van der Waals surface area contributed by atoms with Crippen LogP contribution in [-0.2, 0) is 6.18 Å². The monoisotopic (exact) mass is 317 g/mol. The van der Waals surface area contributed by atoms with Gasteiger partial charge in [-0.05, 0) is 30.3 Å². The Bertz CT molecular complexity index is 689. The summed E-state index contributed by atoms with van der Waals surface area (Å²) in [6.45, 7) is 0. The first-order valence-corrected chi connectivity index (χ1v) is 5.95. The molecule has 0 fully saturated rings. The predicted molar refractivity (Wildman–Crippen MR) is 69.6 cm³/mol. The van der Waals surface area contributed by atoms with Crippen molar-refractivity contribution in [1.29, 1.82) is 0 Å². The Morgan fingerprint density at radius 2 is 1.81 bits per heavy atom. The van der Waals surface area contributed by atoms with Crippen LogP contribution in [0.25, 0.3) is 0 Å². The summed E-state index contributed by atoms with van der Waals surface area (Å²) in [4.78, 5) is 10.2. The summed E-state index contributed by atoms with van der Waals surface area (Å²) < 4.78 is 42.9. The molecule has 4 nitrogen and oxygen atoms in total.